The SMILES string of the molecule is COc1cc2c(Oc3ccc(NC(=O)Nc4cc(C)ccc4F)c(Cl)c3)ccnc2cc1OCCC[N+]1(C)CCC2(CC1)COC2. The number of methoxy groups -OCH3 is 1. The molecule has 1 spiro atoms. The fourth-order valence-corrected chi connectivity index (χ4v) is 6.29. The van der Waals surface area contributed by atoms with Crippen LogP contribution < -0.4 is 24.8 Å². The molecule has 1 aromatic heterocycles. The van der Waals surface area contributed by atoms with Crippen molar-refractivity contribution in [2.24, 2.45) is 5.41 Å². The van der Waals surface area contributed by atoms with Gasteiger partial charge in [0.2, 0.25) is 0 Å². The number of hydrogen-bond donors (Lipinski definition) is 2. The van der Waals surface area contributed by atoms with Gasteiger partial charge in [0, 0.05) is 48.4 Å². The minimum Gasteiger partial charge on any atom is -0.493 e. The number of quaternary nitrogens is 1. The molecule has 0 aliphatic carbocycles. The average Bonchev–Trinajstić information content (AvgIpc) is 3.02. The molecule has 6 rings (SSSR count). The second kappa shape index (κ2) is 13.3. The van der Waals surface area contributed by atoms with Gasteiger partial charge in [-0.15, -0.1) is 0 Å². The number of anilines is 2. The zero-order valence-corrected chi connectivity index (χ0v) is 27.1. The summed E-state index contributed by atoms with van der Waals surface area (Å²) < 4.78 is 38.7. The van der Waals surface area contributed by atoms with Gasteiger partial charge in [0.1, 0.15) is 17.3 Å². The smallest absolute Gasteiger partial charge is 0.323 e. The number of likely N-dealkylation sites (tertiary alicyclic amines) is 1. The molecule has 2 saturated heterocycles. The fraction of sp³-hybridized carbons (Fsp3) is 0.371. The van der Waals surface area contributed by atoms with Crippen molar-refractivity contribution >= 4 is 39.9 Å². The highest BCUT2D eigenvalue weighted by atomic mass is 35.5. The Kier molecular flexibility index (Phi) is 9.22. The number of carbonyl (C=O) groups is 1. The number of halogens is 2. The van der Waals surface area contributed by atoms with Crippen LogP contribution in [0.25, 0.3) is 10.9 Å². The maximum Gasteiger partial charge on any atom is 0.323 e. The van der Waals surface area contributed by atoms with E-state index in [9.17, 15) is 9.18 Å². The minimum absolute atomic E-state index is 0.0768. The molecule has 2 fully saturated rings. The zero-order chi connectivity index (χ0) is 32.3. The molecule has 3 aromatic carbocycles. The highest BCUT2D eigenvalue weighted by molar-refractivity contribution is 6.34. The highest BCUT2D eigenvalue weighted by Crippen LogP contribution is 2.41. The van der Waals surface area contributed by atoms with Crippen LogP contribution in [0.2, 0.25) is 5.02 Å². The summed E-state index contributed by atoms with van der Waals surface area (Å²) in [6.45, 7) is 7.68. The Labute approximate surface area is 273 Å². The van der Waals surface area contributed by atoms with Gasteiger partial charge < -0.3 is 34.1 Å². The molecule has 2 aliphatic rings. The number of nitrogens with one attached hydrogen (secondary N) is 2. The van der Waals surface area contributed by atoms with Crippen molar-refractivity contribution in [3.63, 3.8) is 0 Å². The van der Waals surface area contributed by atoms with E-state index < -0.39 is 11.8 Å². The number of ether oxygens (including phenoxy) is 4. The van der Waals surface area contributed by atoms with Crippen LogP contribution in [0.15, 0.2) is 60.8 Å². The Hall–Kier alpha value is -4.12. The number of urea groups is 1. The van der Waals surface area contributed by atoms with Crippen molar-refractivity contribution in [2.45, 2.75) is 26.2 Å². The molecule has 0 bridgehead atoms. The summed E-state index contributed by atoms with van der Waals surface area (Å²) in [4.78, 5) is 17.0. The first-order chi connectivity index (χ1) is 22.1. The molecule has 4 aromatic rings. The second-order valence-corrected chi connectivity index (χ2v) is 13.0. The Morgan fingerprint density at radius 3 is 2.52 bits per heavy atom. The highest BCUT2D eigenvalue weighted by Gasteiger charge is 2.45. The number of benzene rings is 3. The van der Waals surface area contributed by atoms with E-state index in [-0.39, 0.29) is 10.7 Å². The number of carbonyl (C=O) groups excluding carboxylic acids is 1. The molecular weight excluding hydrogens is 611 g/mol. The van der Waals surface area contributed by atoms with Gasteiger partial charge in [-0.25, -0.2) is 9.18 Å². The Balaban J connectivity index is 1.08. The van der Waals surface area contributed by atoms with Gasteiger partial charge in [-0.3, -0.25) is 4.98 Å². The summed E-state index contributed by atoms with van der Waals surface area (Å²) in [5, 5.41) is 6.15. The monoisotopic (exact) mass is 649 g/mol. The molecule has 0 saturated carbocycles. The Bertz CT molecular complexity index is 1740. The number of hydrogen-bond acceptors (Lipinski definition) is 6. The molecule has 2 aliphatic heterocycles. The lowest BCUT2D eigenvalue weighted by Gasteiger charge is -2.50. The summed E-state index contributed by atoms with van der Waals surface area (Å²) in [6.07, 6.45) is 5.08. The molecule has 0 radical (unpaired) electrons. The third kappa shape index (κ3) is 7.14. The van der Waals surface area contributed by atoms with E-state index in [4.69, 9.17) is 30.5 Å². The van der Waals surface area contributed by atoms with Crippen molar-refractivity contribution in [2.75, 3.05) is 64.2 Å². The number of rotatable bonds is 10. The van der Waals surface area contributed by atoms with Crippen molar-refractivity contribution < 1.29 is 32.6 Å². The molecule has 242 valence electrons. The molecule has 2 amide bonds. The molecule has 0 unspecified atom stereocenters. The first-order valence-electron chi connectivity index (χ1n) is 15.5. The molecule has 11 heteroatoms. The van der Waals surface area contributed by atoms with E-state index in [1.165, 1.54) is 32.0 Å². The van der Waals surface area contributed by atoms with E-state index in [1.807, 2.05) is 19.1 Å². The van der Waals surface area contributed by atoms with Gasteiger partial charge in [0.15, 0.2) is 11.5 Å². The second-order valence-electron chi connectivity index (χ2n) is 12.6. The van der Waals surface area contributed by atoms with Crippen LogP contribution in [0.4, 0.5) is 20.6 Å². The van der Waals surface area contributed by atoms with Crippen LogP contribution in [0.5, 0.6) is 23.0 Å². The van der Waals surface area contributed by atoms with Crippen LogP contribution in [-0.2, 0) is 4.74 Å². The Morgan fingerprint density at radius 2 is 1.80 bits per heavy atom. The van der Waals surface area contributed by atoms with Gasteiger partial charge in [-0.2, -0.15) is 0 Å². The largest absolute Gasteiger partial charge is 0.493 e. The third-order valence-corrected chi connectivity index (χ3v) is 9.37. The number of piperidine rings is 1. The van der Waals surface area contributed by atoms with E-state index in [2.05, 4.69) is 22.7 Å². The van der Waals surface area contributed by atoms with Gasteiger partial charge in [0.25, 0.3) is 0 Å². The molecule has 2 N–H and O–H groups in total. The zero-order valence-electron chi connectivity index (χ0n) is 26.3. The lowest BCUT2D eigenvalue weighted by molar-refractivity contribution is -0.917. The summed E-state index contributed by atoms with van der Waals surface area (Å²) in [5.41, 5.74) is 2.38. The topological polar surface area (TPSA) is 90.9 Å². The molecule has 0 atom stereocenters. The first kappa shape index (κ1) is 31.8. The number of pyridine rings is 1. The van der Waals surface area contributed by atoms with Crippen LogP contribution in [-0.4, -0.2) is 69.1 Å². The van der Waals surface area contributed by atoms with Crippen molar-refractivity contribution in [1.82, 2.24) is 4.98 Å². The van der Waals surface area contributed by atoms with Gasteiger partial charge in [-0.1, -0.05) is 17.7 Å². The summed E-state index contributed by atoms with van der Waals surface area (Å²) in [7, 11) is 3.96. The van der Waals surface area contributed by atoms with E-state index in [0.29, 0.717) is 46.2 Å². The molecule has 3 heterocycles. The predicted molar refractivity (Wildman–Crippen MR) is 177 cm³/mol. The maximum absolute atomic E-state index is 14.1. The normalized spacial score (nSPS) is 16.5. The van der Waals surface area contributed by atoms with Crippen LogP contribution in [0.1, 0.15) is 24.8 Å². The lowest BCUT2D eigenvalue weighted by Crippen LogP contribution is -2.58. The van der Waals surface area contributed by atoms with Crippen molar-refractivity contribution in [3.8, 4) is 23.0 Å². The quantitative estimate of drug-likeness (QED) is 0.135. The predicted octanol–water partition coefficient (Wildman–Crippen LogP) is 7.81. The average molecular weight is 650 g/mol. The van der Waals surface area contributed by atoms with E-state index in [0.717, 1.165) is 41.6 Å². The molecule has 46 heavy (non-hydrogen) atoms. The first-order valence-corrected chi connectivity index (χ1v) is 15.8. The number of aromatic nitrogens is 1. The lowest BCUT2D eigenvalue weighted by atomic mass is 9.76. The standard InChI is InChI=1S/C35H38ClFN4O5/c1-23-5-7-27(37)30(17-23)40-34(42)39-28-8-6-24(18-26(28)36)46-31-9-12-38-29-20-33(32(43-3)19-25(29)31)45-16-4-13-41(2)14-10-35(11-15-41)21-44-22-35/h5-9,12,17-20H,4,10-11,13-16,21-22H2,1-3H3,(H-,39,40,42)/p+1. The van der Waals surface area contributed by atoms with E-state index >= 15 is 0 Å². The fourth-order valence-electron chi connectivity index (χ4n) is 6.07. The summed E-state index contributed by atoms with van der Waals surface area (Å²) >= 11 is 6.47. The van der Waals surface area contributed by atoms with Gasteiger partial charge in [-0.05, 0) is 48.9 Å². The van der Waals surface area contributed by atoms with Crippen LogP contribution in [0.3, 0.4) is 0 Å². The number of nitrogens with zero attached hydrogens (tertiary/aromatic N) is 2. The summed E-state index contributed by atoms with van der Waals surface area (Å²) in [6, 6.07) is 14.2. The summed E-state index contributed by atoms with van der Waals surface area (Å²) in [5.74, 6) is 1.70. The van der Waals surface area contributed by atoms with Crippen LogP contribution in [0, 0.1) is 18.2 Å². The van der Waals surface area contributed by atoms with Gasteiger partial charge in [0.05, 0.1) is 75.5 Å². The number of fused-ring (bicyclic) bond motifs is 1. The third-order valence-electron chi connectivity index (χ3n) is 9.05. The van der Waals surface area contributed by atoms with Crippen LogP contribution >= 0.6 is 11.6 Å². The van der Waals surface area contributed by atoms with E-state index in [1.54, 1.807) is 49.7 Å². The maximum atomic E-state index is 14.1. The molecule has 9 nitrogen and oxygen atoms in total. The minimum atomic E-state index is -0.620. The Morgan fingerprint density at radius 1 is 1.02 bits per heavy atom. The van der Waals surface area contributed by atoms with Gasteiger partial charge >= 0.3 is 6.03 Å². The number of amides is 2. The number of aryl methyl sites for hydroxylation is 1. The van der Waals surface area contributed by atoms with Crippen molar-refractivity contribution in [1.29, 1.82) is 0 Å². The molecular formula is C35H39ClFN4O5+. The van der Waals surface area contributed by atoms with Crippen molar-refractivity contribution in [3.05, 3.63) is 77.2 Å².